The summed E-state index contributed by atoms with van der Waals surface area (Å²) in [6, 6.07) is 19.7. The molecule has 0 unspecified atom stereocenters. The first-order valence-electron chi connectivity index (χ1n) is 13.5. The second-order valence-electron chi connectivity index (χ2n) is 10.8. The van der Waals surface area contributed by atoms with Crippen LogP contribution in [0.2, 0.25) is 5.02 Å². The zero-order valence-electron chi connectivity index (χ0n) is 23.5. The summed E-state index contributed by atoms with van der Waals surface area (Å²) in [6.45, 7) is 11.4. The van der Waals surface area contributed by atoms with Crippen molar-refractivity contribution < 1.29 is 18.9 Å². The molecule has 1 aromatic heterocycles. The molecule has 0 bridgehead atoms. The summed E-state index contributed by atoms with van der Waals surface area (Å²) in [6.07, 6.45) is 1.72. The highest BCUT2D eigenvalue weighted by Gasteiger charge is 2.16. The lowest BCUT2D eigenvalue weighted by Crippen LogP contribution is -2.38. The monoisotopic (exact) mass is 561 g/mol. The summed E-state index contributed by atoms with van der Waals surface area (Å²) in [4.78, 5) is 6.86. The average molecular weight is 562 g/mol. The predicted octanol–water partition coefficient (Wildman–Crippen LogP) is 7.44. The number of halogens is 1. The van der Waals surface area contributed by atoms with Crippen LogP contribution in [0.4, 0.5) is 11.4 Å². The SMILES string of the molecule is COc1cc2c(Oc3ccc(Nc4ccc(C(C)(C)C)cc4)cc3Cl)ccnc2cc1OCCN1CCOCC1. The molecule has 2 heterocycles. The largest absolute Gasteiger partial charge is 0.493 e. The van der Waals surface area contributed by atoms with Gasteiger partial charge in [0.15, 0.2) is 11.5 Å². The Labute approximate surface area is 241 Å². The molecule has 1 saturated heterocycles. The van der Waals surface area contributed by atoms with Crippen LogP contribution in [0, 0.1) is 0 Å². The zero-order chi connectivity index (χ0) is 28.1. The molecule has 0 saturated carbocycles. The molecule has 0 amide bonds. The number of methoxy groups -OCH3 is 1. The molecule has 210 valence electrons. The van der Waals surface area contributed by atoms with E-state index in [1.807, 2.05) is 36.4 Å². The van der Waals surface area contributed by atoms with Gasteiger partial charge in [-0.2, -0.15) is 0 Å². The topological polar surface area (TPSA) is 65.1 Å². The molecule has 1 aliphatic rings. The van der Waals surface area contributed by atoms with Crippen LogP contribution in [0.3, 0.4) is 0 Å². The lowest BCUT2D eigenvalue weighted by Gasteiger charge is -2.26. The summed E-state index contributed by atoms with van der Waals surface area (Å²) in [7, 11) is 1.63. The van der Waals surface area contributed by atoms with Gasteiger partial charge in [-0.25, -0.2) is 0 Å². The summed E-state index contributed by atoms with van der Waals surface area (Å²) in [5, 5.41) is 4.71. The van der Waals surface area contributed by atoms with Gasteiger partial charge >= 0.3 is 0 Å². The number of aromatic nitrogens is 1. The van der Waals surface area contributed by atoms with Crippen molar-refractivity contribution in [3.63, 3.8) is 0 Å². The first-order chi connectivity index (χ1) is 19.3. The van der Waals surface area contributed by atoms with E-state index in [2.05, 4.69) is 60.2 Å². The number of hydrogen-bond donors (Lipinski definition) is 1. The molecule has 1 aliphatic heterocycles. The number of rotatable bonds is 9. The van der Waals surface area contributed by atoms with Crippen molar-refractivity contribution in [3.8, 4) is 23.0 Å². The van der Waals surface area contributed by atoms with Crippen molar-refractivity contribution in [2.24, 2.45) is 0 Å². The Bertz CT molecular complexity index is 1450. The van der Waals surface area contributed by atoms with Gasteiger partial charge in [0, 0.05) is 48.7 Å². The maximum absolute atomic E-state index is 6.65. The summed E-state index contributed by atoms with van der Waals surface area (Å²) >= 11 is 6.65. The predicted molar refractivity (Wildman–Crippen MR) is 161 cm³/mol. The number of anilines is 2. The second kappa shape index (κ2) is 12.3. The molecule has 40 heavy (non-hydrogen) atoms. The third kappa shape index (κ3) is 6.78. The van der Waals surface area contributed by atoms with Gasteiger partial charge < -0.3 is 24.3 Å². The number of pyridine rings is 1. The zero-order valence-corrected chi connectivity index (χ0v) is 24.3. The van der Waals surface area contributed by atoms with E-state index in [4.69, 9.17) is 30.5 Å². The van der Waals surface area contributed by atoms with Gasteiger partial charge in [-0.3, -0.25) is 9.88 Å². The fraction of sp³-hybridized carbons (Fsp3) is 0.344. The lowest BCUT2D eigenvalue weighted by atomic mass is 9.87. The number of nitrogens with zero attached hydrogens (tertiary/aromatic N) is 2. The maximum atomic E-state index is 6.65. The third-order valence-corrected chi connectivity index (χ3v) is 7.24. The van der Waals surface area contributed by atoms with Gasteiger partial charge in [-0.1, -0.05) is 44.5 Å². The van der Waals surface area contributed by atoms with Gasteiger partial charge in [-0.05, 0) is 53.4 Å². The fourth-order valence-corrected chi connectivity index (χ4v) is 4.82. The van der Waals surface area contributed by atoms with Gasteiger partial charge in [0.1, 0.15) is 18.1 Å². The number of hydrogen-bond acceptors (Lipinski definition) is 7. The Morgan fingerprint density at radius 1 is 0.900 bits per heavy atom. The van der Waals surface area contributed by atoms with Crippen LogP contribution in [0.25, 0.3) is 10.9 Å². The first kappa shape index (κ1) is 28.0. The fourth-order valence-electron chi connectivity index (χ4n) is 4.60. The van der Waals surface area contributed by atoms with E-state index in [1.165, 1.54) is 5.56 Å². The second-order valence-corrected chi connectivity index (χ2v) is 11.2. The van der Waals surface area contributed by atoms with Gasteiger partial charge in [0.05, 0.1) is 30.9 Å². The van der Waals surface area contributed by atoms with Crippen molar-refractivity contribution >= 4 is 33.9 Å². The highest BCUT2D eigenvalue weighted by Crippen LogP contribution is 2.39. The van der Waals surface area contributed by atoms with E-state index in [1.54, 1.807) is 13.3 Å². The molecule has 0 atom stereocenters. The molecular weight excluding hydrogens is 526 g/mol. The third-order valence-electron chi connectivity index (χ3n) is 6.95. The van der Waals surface area contributed by atoms with Crippen LogP contribution in [0.5, 0.6) is 23.0 Å². The number of ether oxygens (including phenoxy) is 4. The standard InChI is InChI=1S/C32H36ClN3O4/c1-32(2,3)22-5-7-23(8-6-22)35-24-9-10-29(26(33)19-24)40-28-11-12-34-27-21-31(30(37-4)20-25(27)28)39-18-15-36-13-16-38-17-14-36/h5-12,19-21,35H,13-18H2,1-4H3. The molecule has 3 aromatic carbocycles. The van der Waals surface area contributed by atoms with E-state index in [-0.39, 0.29) is 5.41 Å². The Kier molecular flexibility index (Phi) is 8.64. The van der Waals surface area contributed by atoms with Crippen LogP contribution in [-0.2, 0) is 10.2 Å². The Balaban J connectivity index is 1.29. The molecular formula is C32H36ClN3O4. The van der Waals surface area contributed by atoms with Crippen LogP contribution in [-0.4, -0.2) is 56.4 Å². The smallest absolute Gasteiger partial charge is 0.163 e. The summed E-state index contributed by atoms with van der Waals surface area (Å²) in [5.74, 6) is 2.45. The summed E-state index contributed by atoms with van der Waals surface area (Å²) in [5.41, 5.74) is 4.01. The molecule has 1 N–H and O–H groups in total. The highest BCUT2D eigenvalue weighted by atomic mass is 35.5. The first-order valence-corrected chi connectivity index (χ1v) is 13.9. The molecule has 7 nitrogen and oxygen atoms in total. The van der Waals surface area contributed by atoms with E-state index >= 15 is 0 Å². The van der Waals surface area contributed by atoms with Crippen molar-refractivity contribution in [3.05, 3.63) is 77.4 Å². The highest BCUT2D eigenvalue weighted by molar-refractivity contribution is 6.32. The molecule has 0 aliphatic carbocycles. The Hall–Kier alpha value is -3.52. The normalized spacial score (nSPS) is 14.2. The van der Waals surface area contributed by atoms with E-state index < -0.39 is 0 Å². The molecule has 0 spiro atoms. The molecule has 5 rings (SSSR count). The van der Waals surface area contributed by atoms with Crippen LogP contribution in [0.1, 0.15) is 26.3 Å². The maximum Gasteiger partial charge on any atom is 0.163 e. The van der Waals surface area contributed by atoms with Crippen LogP contribution in [0.15, 0.2) is 66.9 Å². The minimum Gasteiger partial charge on any atom is -0.493 e. The van der Waals surface area contributed by atoms with Gasteiger partial charge in [0.2, 0.25) is 0 Å². The van der Waals surface area contributed by atoms with E-state index in [9.17, 15) is 0 Å². The van der Waals surface area contributed by atoms with Crippen LogP contribution < -0.4 is 19.5 Å². The van der Waals surface area contributed by atoms with Gasteiger partial charge in [-0.15, -0.1) is 0 Å². The van der Waals surface area contributed by atoms with Crippen molar-refractivity contribution in [2.75, 3.05) is 51.9 Å². The minimum absolute atomic E-state index is 0.111. The van der Waals surface area contributed by atoms with Crippen molar-refractivity contribution in [1.82, 2.24) is 9.88 Å². The van der Waals surface area contributed by atoms with E-state index in [0.29, 0.717) is 34.6 Å². The molecule has 4 aromatic rings. The molecule has 8 heteroatoms. The van der Waals surface area contributed by atoms with Crippen molar-refractivity contribution in [2.45, 2.75) is 26.2 Å². The van der Waals surface area contributed by atoms with E-state index in [0.717, 1.165) is 55.1 Å². The number of benzene rings is 3. The number of nitrogens with one attached hydrogen (secondary N) is 1. The summed E-state index contributed by atoms with van der Waals surface area (Å²) < 4.78 is 23.4. The van der Waals surface area contributed by atoms with Crippen molar-refractivity contribution in [1.29, 1.82) is 0 Å². The Morgan fingerprint density at radius 2 is 1.65 bits per heavy atom. The molecule has 1 fully saturated rings. The van der Waals surface area contributed by atoms with Crippen LogP contribution >= 0.6 is 11.6 Å². The Morgan fingerprint density at radius 3 is 2.35 bits per heavy atom. The number of morpholine rings is 1. The average Bonchev–Trinajstić information content (AvgIpc) is 2.94. The van der Waals surface area contributed by atoms with Gasteiger partial charge in [0.25, 0.3) is 0 Å². The lowest BCUT2D eigenvalue weighted by molar-refractivity contribution is 0.0321. The minimum atomic E-state index is 0.111. The number of fused-ring (bicyclic) bond motifs is 1. The quantitative estimate of drug-likeness (QED) is 0.228. The molecule has 0 radical (unpaired) electrons.